The number of amidine groups is 1. The molecule has 0 atom stereocenters. The number of sulfonamides is 1. The van der Waals surface area contributed by atoms with E-state index in [1.807, 2.05) is 0 Å². The number of carbonyl (C=O) groups is 1. The van der Waals surface area contributed by atoms with Crippen LogP contribution in [0.2, 0.25) is 5.02 Å². The molecule has 29 heavy (non-hydrogen) atoms. The lowest BCUT2D eigenvalue weighted by molar-refractivity contribution is -0.110. The SMILES string of the molecule is O=C1C(Br)=CC(=N/C(=N/S(=O)(=O)c2ccc(Br)cc2)c2ccc(Cl)cc2)C=C1Br. The molecule has 0 aliphatic heterocycles. The van der Waals surface area contributed by atoms with E-state index in [-0.39, 0.29) is 25.5 Å². The summed E-state index contributed by atoms with van der Waals surface area (Å²) in [4.78, 5) is 16.3. The van der Waals surface area contributed by atoms with Gasteiger partial charge in [-0.1, -0.05) is 27.5 Å². The van der Waals surface area contributed by atoms with Gasteiger partial charge in [0.05, 0.1) is 19.6 Å². The van der Waals surface area contributed by atoms with Gasteiger partial charge in [-0.05, 0) is 92.5 Å². The van der Waals surface area contributed by atoms with Crippen LogP contribution in [-0.2, 0) is 14.8 Å². The number of carbonyl (C=O) groups excluding carboxylic acids is 1. The van der Waals surface area contributed by atoms with E-state index in [0.717, 1.165) is 4.47 Å². The Morgan fingerprint density at radius 1 is 0.862 bits per heavy atom. The van der Waals surface area contributed by atoms with E-state index in [9.17, 15) is 13.2 Å². The summed E-state index contributed by atoms with van der Waals surface area (Å²) in [5, 5.41) is 0.491. The highest BCUT2D eigenvalue weighted by Crippen LogP contribution is 2.24. The van der Waals surface area contributed by atoms with E-state index in [4.69, 9.17) is 11.6 Å². The fraction of sp³-hybridized carbons (Fsp3) is 0. The third-order valence-electron chi connectivity index (χ3n) is 3.64. The van der Waals surface area contributed by atoms with Gasteiger partial charge in [-0.15, -0.1) is 4.40 Å². The smallest absolute Gasteiger partial charge is 0.284 e. The van der Waals surface area contributed by atoms with Crippen molar-refractivity contribution in [1.29, 1.82) is 0 Å². The summed E-state index contributed by atoms with van der Waals surface area (Å²) >= 11 is 15.6. The van der Waals surface area contributed by atoms with Gasteiger partial charge in [0, 0.05) is 15.1 Å². The summed E-state index contributed by atoms with van der Waals surface area (Å²) in [6, 6.07) is 12.6. The van der Waals surface area contributed by atoms with Gasteiger partial charge in [0.1, 0.15) is 0 Å². The molecule has 0 heterocycles. The molecule has 1 aliphatic rings. The number of halogens is 4. The van der Waals surface area contributed by atoms with E-state index in [0.29, 0.717) is 16.3 Å². The first kappa shape index (κ1) is 22.3. The molecule has 3 rings (SSSR count). The predicted molar refractivity (Wildman–Crippen MR) is 126 cm³/mol. The summed E-state index contributed by atoms with van der Waals surface area (Å²) in [6.45, 7) is 0. The maximum atomic E-state index is 12.8. The highest BCUT2D eigenvalue weighted by molar-refractivity contribution is 9.13. The molecule has 0 aromatic heterocycles. The lowest BCUT2D eigenvalue weighted by Gasteiger charge is -2.08. The molecular formula is C19H10Br3ClN2O3S. The van der Waals surface area contributed by atoms with Crippen LogP contribution in [-0.4, -0.2) is 25.7 Å². The number of ketones is 1. The van der Waals surface area contributed by atoms with E-state index in [2.05, 4.69) is 57.2 Å². The molecule has 0 fully saturated rings. The Morgan fingerprint density at radius 2 is 1.41 bits per heavy atom. The molecule has 2 aromatic carbocycles. The number of benzene rings is 2. The Hall–Kier alpha value is -1.39. The second-order valence-corrected chi connectivity index (χ2v) is 10.4. The van der Waals surface area contributed by atoms with E-state index >= 15 is 0 Å². The number of aliphatic imine (C=N–C) groups is 1. The molecular weight excluding hydrogens is 611 g/mol. The topological polar surface area (TPSA) is 75.9 Å². The van der Waals surface area contributed by atoms with E-state index < -0.39 is 10.0 Å². The minimum absolute atomic E-state index is 0.0274. The zero-order chi connectivity index (χ0) is 21.2. The van der Waals surface area contributed by atoms with E-state index in [1.54, 1.807) is 36.4 Å². The summed E-state index contributed by atoms with van der Waals surface area (Å²) < 4.78 is 30.9. The zero-order valence-electron chi connectivity index (χ0n) is 14.3. The number of hydrogen-bond donors (Lipinski definition) is 0. The molecule has 0 radical (unpaired) electrons. The predicted octanol–water partition coefficient (Wildman–Crippen LogP) is 5.82. The zero-order valence-corrected chi connectivity index (χ0v) is 20.6. The van der Waals surface area contributed by atoms with Crippen molar-refractivity contribution in [3.63, 3.8) is 0 Å². The van der Waals surface area contributed by atoms with Crippen molar-refractivity contribution in [3.8, 4) is 0 Å². The average molecular weight is 622 g/mol. The Labute approximate surface area is 197 Å². The lowest BCUT2D eigenvalue weighted by atomic mass is 10.1. The number of allylic oxidation sites excluding steroid dienone is 4. The summed E-state index contributed by atoms with van der Waals surface area (Å²) in [7, 11) is -4.03. The first-order valence-electron chi connectivity index (χ1n) is 7.90. The Morgan fingerprint density at radius 3 is 1.97 bits per heavy atom. The minimum Gasteiger partial charge on any atom is -0.287 e. The third kappa shape index (κ3) is 5.61. The fourth-order valence-corrected chi connectivity index (χ4v) is 4.76. The van der Waals surface area contributed by atoms with Crippen molar-refractivity contribution < 1.29 is 13.2 Å². The first-order chi connectivity index (χ1) is 13.7. The number of rotatable bonds is 3. The van der Waals surface area contributed by atoms with Gasteiger partial charge in [-0.3, -0.25) is 4.79 Å². The lowest BCUT2D eigenvalue weighted by Crippen LogP contribution is -2.11. The highest BCUT2D eigenvalue weighted by atomic mass is 79.9. The molecule has 0 bridgehead atoms. The fourth-order valence-electron chi connectivity index (χ4n) is 2.24. The molecule has 0 N–H and O–H groups in total. The standard InChI is InChI=1S/C19H10Br3ClN2O3S/c20-12-3-7-15(8-4-12)29(27,28)25-19(11-1-5-13(23)6-2-11)24-14-9-16(21)18(26)17(22)10-14/h1-10H/b25-19+. The molecule has 0 amide bonds. The van der Waals surface area contributed by atoms with Crippen LogP contribution in [0.4, 0.5) is 0 Å². The van der Waals surface area contributed by atoms with Gasteiger partial charge in [-0.25, -0.2) is 4.99 Å². The molecule has 0 saturated carbocycles. The largest absolute Gasteiger partial charge is 0.287 e. The van der Waals surface area contributed by atoms with Gasteiger partial charge >= 0.3 is 0 Å². The molecule has 148 valence electrons. The van der Waals surface area contributed by atoms with Crippen LogP contribution in [0.1, 0.15) is 5.56 Å². The van der Waals surface area contributed by atoms with E-state index in [1.165, 1.54) is 24.3 Å². The monoisotopic (exact) mass is 618 g/mol. The second-order valence-electron chi connectivity index (χ2n) is 5.70. The van der Waals surface area contributed by atoms with Crippen molar-refractivity contribution in [2.45, 2.75) is 4.90 Å². The van der Waals surface area contributed by atoms with Crippen molar-refractivity contribution in [3.05, 3.63) is 84.7 Å². The van der Waals surface area contributed by atoms with Crippen molar-refractivity contribution in [2.24, 2.45) is 9.39 Å². The summed E-state index contributed by atoms with van der Waals surface area (Å²) in [5.74, 6) is -0.279. The number of hydrogen-bond acceptors (Lipinski definition) is 3. The molecule has 2 aromatic rings. The molecule has 0 unspecified atom stereocenters. The van der Waals surface area contributed by atoms with Crippen molar-refractivity contribution in [2.75, 3.05) is 0 Å². The molecule has 0 spiro atoms. The van der Waals surface area contributed by atoms with Gasteiger partial charge < -0.3 is 0 Å². The van der Waals surface area contributed by atoms with Gasteiger partial charge in [-0.2, -0.15) is 8.42 Å². The highest BCUT2D eigenvalue weighted by Gasteiger charge is 2.19. The van der Waals surface area contributed by atoms with Crippen LogP contribution in [0.15, 0.2) is 88.4 Å². The average Bonchev–Trinajstić information content (AvgIpc) is 2.66. The van der Waals surface area contributed by atoms with Crippen LogP contribution >= 0.6 is 59.4 Å². The van der Waals surface area contributed by atoms with Crippen molar-refractivity contribution >= 4 is 86.7 Å². The van der Waals surface area contributed by atoms with Gasteiger partial charge in [0.2, 0.25) is 5.78 Å². The second kappa shape index (κ2) is 9.18. The normalized spacial score (nSPS) is 15.1. The third-order valence-corrected chi connectivity index (χ3v) is 6.88. The van der Waals surface area contributed by atoms with Crippen LogP contribution in [0.3, 0.4) is 0 Å². The number of Topliss-reactive ketones (excluding diaryl/α,β-unsaturated/α-hetero) is 1. The molecule has 1 aliphatic carbocycles. The van der Waals surface area contributed by atoms with Gasteiger partial charge in [0.15, 0.2) is 5.84 Å². The minimum atomic E-state index is -4.03. The molecule has 0 saturated heterocycles. The maximum absolute atomic E-state index is 12.8. The Balaban J connectivity index is 2.15. The number of nitrogens with zero attached hydrogens (tertiary/aromatic N) is 2. The van der Waals surface area contributed by atoms with Crippen molar-refractivity contribution in [1.82, 2.24) is 0 Å². The van der Waals surface area contributed by atoms with Crippen LogP contribution < -0.4 is 0 Å². The van der Waals surface area contributed by atoms with Crippen LogP contribution in [0.25, 0.3) is 0 Å². The maximum Gasteiger partial charge on any atom is 0.284 e. The first-order valence-corrected chi connectivity index (χ1v) is 12.1. The Bertz CT molecular complexity index is 1180. The quantitative estimate of drug-likeness (QED) is 0.246. The van der Waals surface area contributed by atoms with Crippen LogP contribution in [0, 0.1) is 0 Å². The molecule has 10 heteroatoms. The summed E-state index contributed by atoms with van der Waals surface area (Å²) in [5.41, 5.74) is 0.802. The van der Waals surface area contributed by atoms with Gasteiger partial charge in [0.25, 0.3) is 10.0 Å². The Kier molecular flexibility index (Phi) is 7.06. The summed E-state index contributed by atoms with van der Waals surface area (Å²) in [6.07, 6.45) is 2.98. The molecule has 5 nitrogen and oxygen atoms in total. The van der Waals surface area contributed by atoms with Crippen LogP contribution in [0.5, 0.6) is 0 Å².